The topological polar surface area (TPSA) is 118 Å². The number of rotatable bonds is 6. The number of nitrogens with one attached hydrogen (secondary N) is 3. The molecule has 152 valence electrons. The third-order valence-corrected chi connectivity index (χ3v) is 14.2. The van der Waals surface area contributed by atoms with Gasteiger partial charge in [0.05, 0.1) is 0 Å². The first-order valence-corrected chi connectivity index (χ1v) is 16.8. The zero-order valence-corrected chi connectivity index (χ0v) is 19.5. The van der Waals surface area contributed by atoms with Crippen LogP contribution in [0.3, 0.4) is 0 Å². The maximum atomic E-state index is 11.7. The van der Waals surface area contributed by atoms with Crippen LogP contribution in [0.4, 0.5) is 16.4 Å². The fourth-order valence-corrected chi connectivity index (χ4v) is 12.8. The summed E-state index contributed by atoms with van der Waals surface area (Å²) in [4.78, 5) is 24.4. The van der Waals surface area contributed by atoms with Crippen molar-refractivity contribution in [2.45, 2.75) is 41.0 Å². The number of carbonyl (C=O) groups excluding carboxylic acids is 1. The molecule has 1 amide bonds. The summed E-state index contributed by atoms with van der Waals surface area (Å²) in [5.74, 6) is 1.84. The van der Waals surface area contributed by atoms with E-state index in [1.165, 1.54) is 19.8 Å². The van der Waals surface area contributed by atoms with Crippen LogP contribution in [0.25, 0.3) is 11.0 Å². The zero-order chi connectivity index (χ0) is 20.2. The van der Waals surface area contributed by atoms with Gasteiger partial charge in [-0.2, -0.15) is 0 Å². The van der Waals surface area contributed by atoms with Gasteiger partial charge in [0, 0.05) is 0 Å². The molecule has 0 saturated carbocycles. The van der Waals surface area contributed by atoms with Crippen molar-refractivity contribution >= 4 is 56.7 Å². The number of amides is 1. The van der Waals surface area contributed by atoms with Crippen molar-refractivity contribution in [2.24, 2.45) is 0 Å². The van der Waals surface area contributed by atoms with Crippen LogP contribution in [-0.2, 0) is 4.18 Å². The number of aromatic nitrogens is 5. The molecule has 4 rings (SSSR count). The van der Waals surface area contributed by atoms with Gasteiger partial charge in [0.1, 0.15) is 0 Å². The summed E-state index contributed by atoms with van der Waals surface area (Å²) < 4.78 is 7.63. The summed E-state index contributed by atoms with van der Waals surface area (Å²) in [6.07, 6.45) is 3.97. The predicted molar refractivity (Wildman–Crippen MR) is 114 cm³/mol. The number of pyridine rings is 1. The molecule has 1 aliphatic heterocycles. The molecule has 11 heteroatoms. The number of H-pyrrole nitrogens is 1. The van der Waals surface area contributed by atoms with Crippen LogP contribution in [-0.4, -0.2) is 56.1 Å². The second-order valence-corrected chi connectivity index (χ2v) is 17.2. The number of anilines is 2. The summed E-state index contributed by atoms with van der Waals surface area (Å²) in [6.45, 7) is 3.84. The molecule has 4 heterocycles. The Morgan fingerprint density at radius 2 is 2.28 bits per heavy atom. The van der Waals surface area contributed by atoms with E-state index in [1.807, 2.05) is 32.0 Å². The Hall–Kier alpha value is -2.06. The van der Waals surface area contributed by atoms with E-state index in [0.29, 0.717) is 17.4 Å². The van der Waals surface area contributed by atoms with Crippen LogP contribution >= 0.6 is 9.13 Å². The minimum atomic E-state index is -1.63. The summed E-state index contributed by atoms with van der Waals surface area (Å²) >= 11 is -1.63. The molecule has 0 bridgehead atoms. The van der Waals surface area contributed by atoms with Gasteiger partial charge >= 0.3 is 179 Å². The van der Waals surface area contributed by atoms with Crippen LogP contribution in [0.1, 0.15) is 31.9 Å². The van der Waals surface area contributed by atoms with E-state index >= 15 is 0 Å². The van der Waals surface area contributed by atoms with E-state index in [1.54, 1.807) is 6.20 Å². The Kier molecular flexibility index (Phi) is 6.40. The molecule has 1 atom stereocenters. The summed E-state index contributed by atoms with van der Waals surface area (Å²) in [5, 5.41) is 14.4. The molecular formula is C18H22N7O2SSb. The Labute approximate surface area is 178 Å². The monoisotopic (exact) mass is 521 g/mol. The molecule has 1 fully saturated rings. The fraction of sp³-hybridized carbons (Fsp3) is 0.389. The van der Waals surface area contributed by atoms with E-state index in [4.69, 9.17) is 4.18 Å². The average Bonchev–Trinajstić information content (AvgIpc) is 3.35. The summed E-state index contributed by atoms with van der Waals surface area (Å²) in [7, 11) is 1.44. The Morgan fingerprint density at radius 1 is 1.38 bits per heavy atom. The number of hydrogen-bond acceptors (Lipinski definition) is 8. The second-order valence-electron chi connectivity index (χ2n) is 7.05. The first kappa shape index (κ1) is 20.2. The fourth-order valence-electron chi connectivity index (χ4n) is 3.12. The van der Waals surface area contributed by atoms with Crippen molar-refractivity contribution in [1.82, 2.24) is 30.5 Å². The molecule has 9 nitrogen and oxygen atoms in total. The molecule has 0 aromatic carbocycles. The first-order chi connectivity index (χ1) is 14.1. The molecule has 0 spiro atoms. The van der Waals surface area contributed by atoms with Gasteiger partial charge in [-0.05, 0) is 0 Å². The molecule has 29 heavy (non-hydrogen) atoms. The summed E-state index contributed by atoms with van der Waals surface area (Å²) in [6, 6.07) is 5.92. The predicted octanol–water partition coefficient (Wildman–Crippen LogP) is 3.75. The number of fused-ring (bicyclic) bond motifs is 1. The number of aromatic amines is 1. The van der Waals surface area contributed by atoms with E-state index in [2.05, 4.69) is 35.8 Å². The van der Waals surface area contributed by atoms with E-state index < -0.39 is 18.8 Å². The van der Waals surface area contributed by atoms with E-state index in [9.17, 15) is 4.79 Å². The van der Waals surface area contributed by atoms with Gasteiger partial charge < -0.3 is 0 Å². The van der Waals surface area contributed by atoms with Crippen LogP contribution in [0.15, 0.2) is 30.7 Å². The van der Waals surface area contributed by atoms with E-state index in [-0.39, 0.29) is 12.1 Å². The normalized spacial score (nSPS) is 17.0. The van der Waals surface area contributed by atoms with Gasteiger partial charge in [-0.1, -0.05) is 0 Å². The Morgan fingerprint density at radius 3 is 3.14 bits per heavy atom. The first-order valence-electron chi connectivity index (χ1n) is 9.36. The molecule has 1 aliphatic rings. The number of hydrogen-bond donors (Lipinski definition) is 3. The quantitative estimate of drug-likeness (QED) is 0.331. The second kappa shape index (κ2) is 9.17. The zero-order valence-electron chi connectivity index (χ0n) is 16.1. The van der Waals surface area contributed by atoms with Crippen LogP contribution in [0, 0.1) is 0 Å². The maximum absolute atomic E-state index is 11.7. The number of carbonyl (C=O) groups is 1. The molecule has 3 N–H and O–H groups in total. The van der Waals surface area contributed by atoms with Crippen LogP contribution in [0.5, 0.6) is 0 Å². The van der Waals surface area contributed by atoms with Gasteiger partial charge in [0.2, 0.25) is 0 Å². The minimum absolute atomic E-state index is 0.0881. The standard InChI is InChI=1S/C14H14N6.C4H9NO2S.Sb/c1-3-9(2)11-7-12(20-19-11)18-14-10-5-4-6-15-13(10)16-8-17-14;1-3(2)5-4(6)7-8;/h4-9H,1-3H2,(H2,15,16,17,18,19,20);3,8H,1-2H3,(H,5,6);/q;;+1/p-1. The average molecular weight is 522 g/mol. The van der Waals surface area contributed by atoms with Crippen molar-refractivity contribution in [3.05, 3.63) is 36.4 Å². The van der Waals surface area contributed by atoms with Crippen molar-refractivity contribution < 1.29 is 8.98 Å². The van der Waals surface area contributed by atoms with E-state index in [0.717, 1.165) is 27.7 Å². The third kappa shape index (κ3) is 5.11. The molecule has 1 unspecified atom stereocenters. The molecular weight excluding hydrogens is 500 g/mol. The van der Waals surface area contributed by atoms with Gasteiger partial charge in [0.15, 0.2) is 0 Å². The molecule has 3 aromatic rings. The number of nitrogens with zero attached hydrogens (tertiary/aromatic N) is 4. The Balaban J connectivity index is 1.35. The Bertz CT molecular complexity index is 994. The SMILES string of the molecule is CC(C)NC(=O)O[S][Sb]1[CH2]CC(c2cc(Nc3ncnc4ncccc34)n[nH]2)[CH2]1. The third-order valence-electron chi connectivity index (χ3n) is 4.47. The van der Waals surface area contributed by atoms with Crippen molar-refractivity contribution in [3.63, 3.8) is 0 Å². The van der Waals surface area contributed by atoms with Crippen molar-refractivity contribution in [2.75, 3.05) is 5.32 Å². The molecule has 0 radical (unpaired) electrons. The molecule has 3 aromatic heterocycles. The molecule has 0 aliphatic carbocycles. The van der Waals surface area contributed by atoms with Gasteiger partial charge in [0.25, 0.3) is 0 Å². The van der Waals surface area contributed by atoms with Crippen molar-refractivity contribution in [3.8, 4) is 0 Å². The van der Waals surface area contributed by atoms with Gasteiger partial charge in [-0.3, -0.25) is 0 Å². The van der Waals surface area contributed by atoms with Gasteiger partial charge in [-0.25, -0.2) is 0 Å². The molecule has 1 saturated heterocycles. The van der Waals surface area contributed by atoms with Crippen LogP contribution < -0.4 is 10.6 Å². The van der Waals surface area contributed by atoms with Crippen LogP contribution in [0.2, 0.25) is 8.73 Å². The van der Waals surface area contributed by atoms with Crippen molar-refractivity contribution in [1.29, 1.82) is 0 Å². The van der Waals surface area contributed by atoms with Gasteiger partial charge in [-0.15, -0.1) is 0 Å². The summed E-state index contributed by atoms with van der Waals surface area (Å²) in [5.41, 5.74) is 1.76.